The standard InChI is InChI=1S/C13H7BrN4O/c14-9-3-1-8(2-4-9)12-17-13(19-18-12)11-6-5-10(7-15)16-11/h1-6,16H. The number of H-pyrrole nitrogens is 1. The molecule has 0 amide bonds. The van der Waals surface area contributed by atoms with Crippen molar-refractivity contribution in [2.45, 2.75) is 0 Å². The molecule has 1 aromatic carbocycles. The van der Waals surface area contributed by atoms with Crippen molar-refractivity contribution < 1.29 is 4.52 Å². The number of nitriles is 1. The van der Waals surface area contributed by atoms with Gasteiger partial charge in [-0.15, -0.1) is 0 Å². The first kappa shape index (κ1) is 11.7. The van der Waals surface area contributed by atoms with E-state index in [1.54, 1.807) is 12.1 Å². The minimum atomic E-state index is 0.361. The maximum absolute atomic E-state index is 8.75. The molecule has 19 heavy (non-hydrogen) atoms. The number of benzene rings is 1. The molecular formula is C13H7BrN4O. The predicted molar refractivity (Wildman–Crippen MR) is 71.9 cm³/mol. The molecule has 0 aliphatic carbocycles. The molecule has 0 spiro atoms. The van der Waals surface area contributed by atoms with Gasteiger partial charge in [0.1, 0.15) is 17.5 Å². The van der Waals surface area contributed by atoms with E-state index in [0.717, 1.165) is 10.0 Å². The predicted octanol–water partition coefficient (Wildman–Crippen LogP) is 3.37. The molecule has 0 atom stereocenters. The largest absolute Gasteiger partial charge is 0.342 e. The Hall–Kier alpha value is -2.39. The Morgan fingerprint density at radius 1 is 1.16 bits per heavy atom. The summed E-state index contributed by atoms with van der Waals surface area (Å²) in [5.74, 6) is 0.870. The fourth-order valence-corrected chi connectivity index (χ4v) is 1.90. The van der Waals surface area contributed by atoms with Crippen molar-refractivity contribution in [2.75, 3.05) is 0 Å². The van der Waals surface area contributed by atoms with E-state index in [4.69, 9.17) is 9.78 Å². The minimum Gasteiger partial charge on any atom is -0.342 e. The van der Waals surface area contributed by atoms with E-state index in [9.17, 15) is 0 Å². The van der Waals surface area contributed by atoms with Gasteiger partial charge in [0.2, 0.25) is 5.82 Å². The summed E-state index contributed by atoms with van der Waals surface area (Å²) in [5.41, 5.74) is 1.95. The molecule has 0 bridgehead atoms. The van der Waals surface area contributed by atoms with Gasteiger partial charge in [0, 0.05) is 10.0 Å². The molecule has 0 saturated carbocycles. The summed E-state index contributed by atoms with van der Waals surface area (Å²) in [6.07, 6.45) is 0. The zero-order valence-corrected chi connectivity index (χ0v) is 11.2. The molecule has 0 radical (unpaired) electrons. The molecule has 1 N–H and O–H groups in total. The monoisotopic (exact) mass is 314 g/mol. The Kier molecular flexibility index (Phi) is 2.89. The van der Waals surface area contributed by atoms with Crippen molar-refractivity contribution >= 4 is 15.9 Å². The molecule has 3 rings (SSSR count). The molecule has 2 heterocycles. The molecule has 0 fully saturated rings. The quantitative estimate of drug-likeness (QED) is 0.786. The number of aromatic nitrogens is 3. The maximum atomic E-state index is 8.75. The highest BCUT2D eigenvalue weighted by atomic mass is 79.9. The third kappa shape index (κ3) is 2.28. The van der Waals surface area contributed by atoms with E-state index >= 15 is 0 Å². The second kappa shape index (κ2) is 4.71. The van der Waals surface area contributed by atoms with E-state index in [0.29, 0.717) is 23.1 Å². The van der Waals surface area contributed by atoms with Crippen molar-refractivity contribution in [1.82, 2.24) is 15.1 Å². The van der Waals surface area contributed by atoms with E-state index < -0.39 is 0 Å². The van der Waals surface area contributed by atoms with Crippen LogP contribution in [0.3, 0.4) is 0 Å². The van der Waals surface area contributed by atoms with Crippen molar-refractivity contribution in [2.24, 2.45) is 0 Å². The highest BCUT2D eigenvalue weighted by Crippen LogP contribution is 2.22. The number of hydrogen-bond acceptors (Lipinski definition) is 4. The Morgan fingerprint density at radius 3 is 2.63 bits per heavy atom. The van der Waals surface area contributed by atoms with Crippen molar-refractivity contribution in [3.63, 3.8) is 0 Å². The van der Waals surface area contributed by atoms with Gasteiger partial charge in [-0.3, -0.25) is 0 Å². The summed E-state index contributed by atoms with van der Waals surface area (Å²) in [5, 5.41) is 12.7. The lowest BCUT2D eigenvalue weighted by Gasteiger charge is -1.93. The summed E-state index contributed by atoms with van der Waals surface area (Å²) < 4.78 is 6.17. The SMILES string of the molecule is N#Cc1ccc(-c2nc(-c3ccc(Br)cc3)no2)[nH]1. The second-order valence-electron chi connectivity index (χ2n) is 3.83. The number of aromatic amines is 1. The van der Waals surface area contributed by atoms with Crippen LogP contribution in [-0.4, -0.2) is 15.1 Å². The van der Waals surface area contributed by atoms with Crippen molar-refractivity contribution in [3.8, 4) is 29.0 Å². The molecule has 0 unspecified atom stereocenters. The van der Waals surface area contributed by atoms with E-state index in [2.05, 4.69) is 31.1 Å². The van der Waals surface area contributed by atoms with Crippen LogP contribution >= 0.6 is 15.9 Å². The van der Waals surface area contributed by atoms with Gasteiger partial charge in [0.15, 0.2) is 0 Å². The topological polar surface area (TPSA) is 78.5 Å². The minimum absolute atomic E-state index is 0.361. The van der Waals surface area contributed by atoms with Crippen molar-refractivity contribution in [3.05, 3.63) is 46.6 Å². The van der Waals surface area contributed by atoms with E-state index in [1.807, 2.05) is 30.3 Å². The Morgan fingerprint density at radius 2 is 1.95 bits per heavy atom. The van der Waals surface area contributed by atoms with Crippen LogP contribution < -0.4 is 0 Å². The average molecular weight is 315 g/mol. The Bertz CT molecular complexity index is 752. The van der Waals surface area contributed by atoms with Crippen LogP contribution in [0.15, 0.2) is 45.4 Å². The molecule has 5 nitrogen and oxygen atoms in total. The molecule has 3 aromatic rings. The molecular weight excluding hydrogens is 308 g/mol. The summed E-state index contributed by atoms with van der Waals surface area (Å²) in [7, 11) is 0. The van der Waals surface area contributed by atoms with Crippen LogP contribution in [0.25, 0.3) is 23.0 Å². The number of nitrogens with zero attached hydrogens (tertiary/aromatic N) is 3. The fraction of sp³-hybridized carbons (Fsp3) is 0. The highest BCUT2D eigenvalue weighted by molar-refractivity contribution is 9.10. The van der Waals surface area contributed by atoms with Crippen LogP contribution in [0.5, 0.6) is 0 Å². The lowest BCUT2D eigenvalue weighted by Crippen LogP contribution is -1.81. The number of rotatable bonds is 2. The van der Waals surface area contributed by atoms with Crippen LogP contribution in [0.4, 0.5) is 0 Å². The zero-order chi connectivity index (χ0) is 13.2. The third-order valence-corrected chi connectivity index (χ3v) is 3.09. The molecule has 6 heteroatoms. The van der Waals surface area contributed by atoms with Crippen LogP contribution in [-0.2, 0) is 0 Å². The van der Waals surface area contributed by atoms with Gasteiger partial charge in [0.25, 0.3) is 5.89 Å². The van der Waals surface area contributed by atoms with Gasteiger partial charge < -0.3 is 9.51 Å². The average Bonchev–Trinajstić information content (AvgIpc) is 3.08. The smallest absolute Gasteiger partial charge is 0.274 e. The zero-order valence-electron chi connectivity index (χ0n) is 9.59. The van der Waals surface area contributed by atoms with Crippen LogP contribution in [0.2, 0.25) is 0 Å². The Balaban J connectivity index is 1.95. The fourth-order valence-electron chi connectivity index (χ4n) is 1.63. The third-order valence-electron chi connectivity index (χ3n) is 2.57. The summed E-state index contributed by atoms with van der Waals surface area (Å²) in [4.78, 5) is 7.18. The lowest BCUT2D eigenvalue weighted by molar-refractivity contribution is 0.431. The van der Waals surface area contributed by atoms with Crippen LogP contribution in [0.1, 0.15) is 5.69 Å². The van der Waals surface area contributed by atoms with Crippen LogP contribution in [0, 0.1) is 11.3 Å². The number of hydrogen-bond donors (Lipinski definition) is 1. The first-order valence-corrected chi connectivity index (χ1v) is 6.25. The lowest BCUT2D eigenvalue weighted by atomic mass is 10.2. The van der Waals surface area contributed by atoms with Gasteiger partial charge >= 0.3 is 0 Å². The second-order valence-corrected chi connectivity index (χ2v) is 4.74. The molecule has 2 aromatic heterocycles. The molecule has 0 aliphatic heterocycles. The van der Waals surface area contributed by atoms with Gasteiger partial charge in [-0.25, -0.2) is 0 Å². The van der Waals surface area contributed by atoms with Gasteiger partial charge in [-0.2, -0.15) is 10.2 Å². The Labute approximate surface area is 117 Å². The summed E-state index contributed by atoms with van der Waals surface area (Å²) in [6, 6.07) is 13.0. The van der Waals surface area contributed by atoms with E-state index in [-0.39, 0.29) is 0 Å². The molecule has 0 aliphatic rings. The summed E-state index contributed by atoms with van der Waals surface area (Å²) >= 11 is 3.37. The van der Waals surface area contributed by atoms with E-state index in [1.165, 1.54) is 0 Å². The van der Waals surface area contributed by atoms with Gasteiger partial charge in [0.05, 0.1) is 0 Å². The maximum Gasteiger partial charge on any atom is 0.274 e. The number of nitrogens with one attached hydrogen (secondary N) is 1. The first-order chi connectivity index (χ1) is 9.26. The van der Waals surface area contributed by atoms with Gasteiger partial charge in [-0.1, -0.05) is 21.1 Å². The molecule has 0 saturated heterocycles. The van der Waals surface area contributed by atoms with Crippen molar-refractivity contribution in [1.29, 1.82) is 5.26 Å². The highest BCUT2D eigenvalue weighted by Gasteiger charge is 2.12. The number of halogens is 1. The normalized spacial score (nSPS) is 10.3. The molecule has 92 valence electrons. The first-order valence-electron chi connectivity index (χ1n) is 5.45. The summed E-state index contributed by atoms with van der Waals surface area (Å²) in [6.45, 7) is 0. The van der Waals surface area contributed by atoms with Gasteiger partial charge in [-0.05, 0) is 36.4 Å².